The van der Waals surface area contributed by atoms with Crippen molar-refractivity contribution in [2.45, 2.75) is 114 Å². The number of nitrogens with zero attached hydrogens (tertiary/aromatic N) is 1. The second-order valence-corrected chi connectivity index (χ2v) is 25.5. The Hall–Kier alpha value is -3.65. The molecular weight excluding hydrogens is 769 g/mol. The Bertz CT molecular complexity index is 1890. The summed E-state index contributed by atoms with van der Waals surface area (Å²) in [6.45, 7) is 19.6. The van der Waals surface area contributed by atoms with Crippen molar-refractivity contribution < 1.29 is 36.8 Å². The SMILES string of the molecule is COc1ccc(C(OC[C@H]2O[C@@H](c3ccccc3F)[C@H](O[Si](C)(C)C(C)(C)C)[C@@H]2O[P+](OCCC#N)(C(C)C)C(C)C)(c2ccccc2)c2ccc(OC)cc2)cc1. The van der Waals surface area contributed by atoms with Crippen LogP contribution >= 0.6 is 7.72 Å². The lowest BCUT2D eigenvalue weighted by Gasteiger charge is -2.42. The lowest BCUT2D eigenvalue weighted by molar-refractivity contribution is -0.0808. The normalized spacial score (nSPS) is 19.1. The van der Waals surface area contributed by atoms with Crippen molar-refractivity contribution in [3.8, 4) is 17.6 Å². The first-order chi connectivity index (χ1) is 27.5. The standard InChI is InChI=1S/C47H62FNO7PSi/c1-33(2)57(34(3)4,53-31-17-30-49)55-44-42(54-43(40-20-15-16-21-41(40)48)45(44)56-58(10,11)46(5,6)7)32-52-47(35-18-13-12-14-19-35,36-22-26-38(50-8)27-23-36)37-24-28-39(51-9)29-25-37/h12-16,18-29,33-34,42-45H,17,31-32H2,1-11H3/q+1/t42-,43+,44-,45+/m1/s1. The van der Waals surface area contributed by atoms with Crippen molar-refractivity contribution in [3.63, 3.8) is 0 Å². The minimum atomic E-state index is -2.76. The van der Waals surface area contributed by atoms with E-state index in [0.717, 1.165) is 16.7 Å². The minimum Gasteiger partial charge on any atom is -0.497 e. The highest BCUT2D eigenvalue weighted by Gasteiger charge is 2.60. The largest absolute Gasteiger partial charge is 0.497 e. The Labute approximate surface area is 347 Å². The molecule has 1 fully saturated rings. The van der Waals surface area contributed by atoms with Crippen LogP contribution in [0.4, 0.5) is 4.39 Å². The molecule has 1 aliphatic rings. The summed E-state index contributed by atoms with van der Waals surface area (Å²) < 4.78 is 63.3. The van der Waals surface area contributed by atoms with Gasteiger partial charge in [-0.1, -0.05) is 93.6 Å². The van der Waals surface area contributed by atoms with E-state index in [2.05, 4.69) is 79.8 Å². The molecule has 5 rings (SSSR count). The number of halogens is 1. The second-order valence-electron chi connectivity index (χ2n) is 16.9. The van der Waals surface area contributed by atoms with Gasteiger partial charge >= 0.3 is 0 Å². The van der Waals surface area contributed by atoms with Crippen molar-refractivity contribution in [1.29, 1.82) is 5.26 Å². The van der Waals surface area contributed by atoms with Crippen molar-refractivity contribution in [2.75, 3.05) is 27.4 Å². The first-order valence-electron chi connectivity index (χ1n) is 20.2. The Morgan fingerprint density at radius 3 is 1.76 bits per heavy atom. The molecule has 0 aromatic heterocycles. The molecule has 0 unspecified atom stereocenters. The van der Waals surface area contributed by atoms with Gasteiger partial charge in [0.05, 0.1) is 33.3 Å². The van der Waals surface area contributed by atoms with E-state index in [0.29, 0.717) is 17.1 Å². The third-order valence-electron chi connectivity index (χ3n) is 11.6. The van der Waals surface area contributed by atoms with Gasteiger partial charge in [-0.05, 0) is 92.8 Å². The molecule has 312 valence electrons. The third-order valence-corrected chi connectivity index (χ3v) is 20.1. The molecule has 1 aliphatic heterocycles. The maximum Gasteiger partial charge on any atom is 0.280 e. The van der Waals surface area contributed by atoms with Crippen molar-refractivity contribution in [3.05, 3.63) is 131 Å². The smallest absolute Gasteiger partial charge is 0.280 e. The fourth-order valence-electron chi connectivity index (χ4n) is 7.46. The Morgan fingerprint density at radius 1 is 0.759 bits per heavy atom. The van der Waals surface area contributed by atoms with Crippen LogP contribution in [0.25, 0.3) is 0 Å². The van der Waals surface area contributed by atoms with Gasteiger partial charge in [0.1, 0.15) is 59.2 Å². The van der Waals surface area contributed by atoms with E-state index in [-0.39, 0.29) is 41.8 Å². The number of nitriles is 1. The van der Waals surface area contributed by atoms with Gasteiger partial charge in [-0.25, -0.2) is 8.91 Å². The van der Waals surface area contributed by atoms with Gasteiger partial charge in [0, 0.05) is 5.56 Å². The van der Waals surface area contributed by atoms with Crippen molar-refractivity contribution >= 4 is 16.0 Å². The average molecular weight is 831 g/mol. The lowest BCUT2D eigenvalue weighted by Crippen LogP contribution is -2.50. The maximum absolute atomic E-state index is 16.0. The van der Waals surface area contributed by atoms with E-state index in [1.54, 1.807) is 26.4 Å². The van der Waals surface area contributed by atoms with Gasteiger partial charge in [-0.15, -0.1) is 0 Å². The van der Waals surface area contributed by atoms with Gasteiger partial charge in [-0.3, -0.25) is 0 Å². The molecule has 0 bridgehead atoms. The van der Waals surface area contributed by atoms with E-state index in [1.807, 2.05) is 72.8 Å². The number of rotatable bonds is 18. The van der Waals surface area contributed by atoms with E-state index < -0.39 is 46.1 Å². The lowest BCUT2D eigenvalue weighted by atomic mass is 9.80. The molecule has 8 nitrogen and oxygen atoms in total. The molecule has 4 aromatic rings. The summed E-state index contributed by atoms with van der Waals surface area (Å²) in [5.74, 6) is 1.04. The quantitative estimate of drug-likeness (QED) is 0.0424. The Balaban J connectivity index is 1.73. The average Bonchev–Trinajstić information content (AvgIpc) is 3.52. The van der Waals surface area contributed by atoms with E-state index in [4.69, 9.17) is 32.4 Å². The Morgan fingerprint density at radius 2 is 1.28 bits per heavy atom. The summed E-state index contributed by atoms with van der Waals surface area (Å²) >= 11 is 0. The highest BCUT2D eigenvalue weighted by molar-refractivity contribution is 7.67. The van der Waals surface area contributed by atoms with Crippen molar-refractivity contribution in [2.24, 2.45) is 0 Å². The summed E-state index contributed by atoms with van der Waals surface area (Å²) in [5, 5.41) is 9.35. The van der Waals surface area contributed by atoms with Crippen molar-refractivity contribution in [1.82, 2.24) is 0 Å². The molecule has 1 heterocycles. The van der Waals surface area contributed by atoms with Crippen LogP contribution in [0.5, 0.6) is 11.5 Å². The number of hydrogen-bond donors (Lipinski definition) is 0. The second kappa shape index (κ2) is 19.2. The molecule has 4 atom stereocenters. The predicted molar refractivity (Wildman–Crippen MR) is 233 cm³/mol. The number of benzene rings is 4. The number of ether oxygens (including phenoxy) is 4. The van der Waals surface area contributed by atoms with Gasteiger partial charge < -0.3 is 23.4 Å². The van der Waals surface area contributed by atoms with Crippen LogP contribution in [-0.4, -0.2) is 65.4 Å². The fourth-order valence-corrected chi connectivity index (χ4v) is 12.1. The Kier molecular flexibility index (Phi) is 15.0. The molecule has 1 saturated heterocycles. The highest BCUT2D eigenvalue weighted by Crippen LogP contribution is 2.70. The summed E-state index contributed by atoms with van der Waals surface area (Å²) in [7, 11) is -2.02. The molecule has 0 amide bonds. The van der Waals surface area contributed by atoms with Gasteiger partial charge in [-0.2, -0.15) is 9.79 Å². The summed E-state index contributed by atoms with van der Waals surface area (Å²) in [5.41, 5.74) is 1.81. The molecule has 4 aromatic carbocycles. The molecule has 58 heavy (non-hydrogen) atoms. The van der Waals surface area contributed by atoms with Crippen LogP contribution in [0.15, 0.2) is 103 Å². The van der Waals surface area contributed by atoms with E-state index in [9.17, 15) is 5.26 Å². The van der Waals surface area contributed by atoms with Gasteiger partial charge in [0.15, 0.2) is 14.4 Å². The van der Waals surface area contributed by atoms with Crippen LogP contribution in [0.3, 0.4) is 0 Å². The highest BCUT2D eigenvalue weighted by atomic mass is 31.2. The predicted octanol–water partition coefficient (Wildman–Crippen LogP) is 11.7. The molecule has 0 radical (unpaired) electrons. The summed E-state index contributed by atoms with van der Waals surface area (Å²) in [6, 6.07) is 34.8. The number of methoxy groups -OCH3 is 2. The van der Waals surface area contributed by atoms with Crippen LogP contribution in [-0.2, 0) is 28.5 Å². The fraction of sp³-hybridized carbons (Fsp3) is 0.468. The maximum atomic E-state index is 16.0. The van der Waals surface area contributed by atoms with Crippen LogP contribution in [0, 0.1) is 17.1 Å². The zero-order valence-electron chi connectivity index (χ0n) is 36.0. The molecule has 0 saturated carbocycles. The van der Waals surface area contributed by atoms with Crippen LogP contribution < -0.4 is 9.47 Å². The molecule has 11 heteroatoms. The molecule has 0 aliphatic carbocycles. The molecule has 0 spiro atoms. The van der Waals surface area contributed by atoms with Crippen LogP contribution in [0.2, 0.25) is 18.1 Å². The van der Waals surface area contributed by atoms with E-state index in [1.165, 1.54) is 6.07 Å². The third kappa shape index (κ3) is 9.53. The molecular formula is C47H62FNO7PSi+. The summed E-state index contributed by atoms with van der Waals surface area (Å²) in [4.78, 5) is 0. The zero-order chi connectivity index (χ0) is 42.3. The van der Waals surface area contributed by atoms with Gasteiger partial charge in [0.2, 0.25) is 0 Å². The van der Waals surface area contributed by atoms with E-state index >= 15 is 4.39 Å². The minimum absolute atomic E-state index is 0.0317. The van der Waals surface area contributed by atoms with Gasteiger partial charge in [0.25, 0.3) is 7.72 Å². The monoisotopic (exact) mass is 830 g/mol. The van der Waals surface area contributed by atoms with Crippen LogP contribution in [0.1, 0.15) is 83.2 Å². The topological polar surface area (TPSA) is 88.4 Å². The first kappa shape index (κ1) is 45.4. The number of hydrogen-bond acceptors (Lipinski definition) is 8. The molecule has 0 N–H and O–H groups in total. The summed E-state index contributed by atoms with van der Waals surface area (Å²) in [6.07, 6.45) is -2.78. The first-order valence-corrected chi connectivity index (χ1v) is 24.9. The zero-order valence-corrected chi connectivity index (χ0v) is 37.9.